The van der Waals surface area contributed by atoms with Crippen LogP contribution in [0, 0.1) is 12.8 Å². The highest BCUT2D eigenvalue weighted by molar-refractivity contribution is 7.16. The predicted octanol–water partition coefficient (Wildman–Crippen LogP) is 3.84. The van der Waals surface area contributed by atoms with Crippen LogP contribution in [-0.2, 0) is 9.53 Å². The van der Waals surface area contributed by atoms with Gasteiger partial charge in [-0.25, -0.2) is 9.78 Å². The van der Waals surface area contributed by atoms with Crippen LogP contribution >= 0.6 is 11.3 Å². The lowest BCUT2D eigenvalue weighted by atomic mass is 10.0. The van der Waals surface area contributed by atoms with E-state index in [0.29, 0.717) is 5.13 Å². The van der Waals surface area contributed by atoms with Crippen LogP contribution in [0.3, 0.4) is 0 Å². The number of aromatic nitrogens is 1. The van der Waals surface area contributed by atoms with Crippen LogP contribution in [0.2, 0.25) is 0 Å². The lowest BCUT2D eigenvalue weighted by Crippen LogP contribution is -2.47. The van der Waals surface area contributed by atoms with Gasteiger partial charge in [0.05, 0.1) is 19.4 Å². The van der Waals surface area contributed by atoms with Gasteiger partial charge in [0.1, 0.15) is 11.8 Å². The van der Waals surface area contributed by atoms with Crippen molar-refractivity contribution in [1.82, 2.24) is 10.3 Å². The van der Waals surface area contributed by atoms with E-state index < -0.39 is 12.1 Å². The fraction of sp³-hybridized carbons (Fsp3) is 0.421. The first-order valence-corrected chi connectivity index (χ1v) is 9.53. The number of carbonyl (C=O) groups excluding carboxylic acids is 2. The molecule has 2 amide bonds. The van der Waals surface area contributed by atoms with Crippen molar-refractivity contribution in [2.45, 2.75) is 33.7 Å². The summed E-state index contributed by atoms with van der Waals surface area (Å²) in [5.41, 5.74) is 1.74. The number of methoxy groups -OCH3 is 1. The number of rotatable bonds is 7. The molecule has 0 fully saturated rings. The van der Waals surface area contributed by atoms with E-state index in [0.717, 1.165) is 21.9 Å². The van der Waals surface area contributed by atoms with E-state index in [1.807, 2.05) is 45.0 Å². The first-order chi connectivity index (χ1) is 12.8. The summed E-state index contributed by atoms with van der Waals surface area (Å²) >= 11 is 1.39. The van der Waals surface area contributed by atoms with E-state index in [2.05, 4.69) is 15.6 Å². The number of benzene rings is 1. The van der Waals surface area contributed by atoms with Gasteiger partial charge in [-0.05, 0) is 44.0 Å². The van der Waals surface area contributed by atoms with Crippen molar-refractivity contribution in [3.63, 3.8) is 0 Å². The van der Waals surface area contributed by atoms with Gasteiger partial charge in [0.2, 0.25) is 5.91 Å². The fourth-order valence-electron chi connectivity index (χ4n) is 2.48. The number of nitrogens with one attached hydrogen (secondary N) is 2. The van der Waals surface area contributed by atoms with Crippen LogP contribution in [0.15, 0.2) is 24.3 Å². The number of anilines is 1. The average Bonchev–Trinajstić information content (AvgIpc) is 2.99. The molecule has 1 aromatic carbocycles. The molecule has 0 saturated heterocycles. The van der Waals surface area contributed by atoms with Crippen molar-refractivity contribution in [2.75, 3.05) is 19.0 Å². The molecule has 1 atom stereocenters. The van der Waals surface area contributed by atoms with Gasteiger partial charge >= 0.3 is 6.09 Å². The number of thiazole rings is 1. The van der Waals surface area contributed by atoms with Crippen molar-refractivity contribution in [3.8, 4) is 17.0 Å². The Balaban J connectivity index is 2.13. The standard InChI is InChI=1S/C19H25N3O4S/c1-6-26-19(24)21-15(11(2)3)17(23)22-18-20-16(12(4)27-18)13-7-9-14(25-5)10-8-13/h7-11,15H,6H2,1-5H3,(H,21,24)(H,20,22,23). The maximum absolute atomic E-state index is 12.6. The minimum absolute atomic E-state index is 0.100. The second kappa shape index (κ2) is 9.36. The summed E-state index contributed by atoms with van der Waals surface area (Å²) in [6.07, 6.45) is -0.611. The van der Waals surface area contributed by atoms with Gasteiger partial charge in [-0.15, -0.1) is 11.3 Å². The first kappa shape index (κ1) is 20.7. The summed E-state index contributed by atoms with van der Waals surface area (Å²) in [7, 11) is 1.62. The number of alkyl carbamates (subject to hydrolysis) is 1. The Bertz CT molecular complexity index is 787. The Morgan fingerprint density at radius 1 is 1.22 bits per heavy atom. The average molecular weight is 391 g/mol. The number of hydrogen-bond acceptors (Lipinski definition) is 6. The van der Waals surface area contributed by atoms with Crippen LogP contribution in [0.5, 0.6) is 5.75 Å². The lowest BCUT2D eigenvalue weighted by molar-refractivity contribution is -0.119. The molecule has 1 unspecified atom stereocenters. The van der Waals surface area contributed by atoms with Crippen LogP contribution in [-0.4, -0.2) is 36.7 Å². The molecule has 0 bridgehead atoms. The molecule has 27 heavy (non-hydrogen) atoms. The molecule has 0 radical (unpaired) electrons. The molecule has 146 valence electrons. The minimum atomic E-state index is -0.710. The summed E-state index contributed by atoms with van der Waals surface area (Å²) < 4.78 is 10.0. The summed E-state index contributed by atoms with van der Waals surface area (Å²) in [4.78, 5) is 29.8. The molecule has 2 rings (SSSR count). The third-order valence-electron chi connectivity index (χ3n) is 3.89. The summed E-state index contributed by atoms with van der Waals surface area (Å²) in [5.74, 6) is 0.342. The van der Waals surface area contributed by atoms with E-state index in [1.54, 1.807) is 14.0 Å². The lowest BCUT2D eigenvalue weighted by Gasteiger charge is -2.20. The monoisotopic (exact) mass is 391 g/mol. The molecule has 7 nitrogen and oxygen atoms in total. The van der Waals surface area contributed by atoms with E-state index >= 15 is 0 Å². The largest absolute Gasteiger partial charge is 0.497 e. The SMILES string of the molecule is CCOC(=O)NC(C(=O)Nc1nc(-c2ccc(OC)cc2)c(C)s1)C(C)C. The number of aryl methyl sites for hydroxylation is 1. The summed E-state index contributed by atoms with van der Waals surface area (Å²) in [5, 5.41) is 5.88. The third kappa shape index (κ3) is 5.43. The van der Waals surface area contributed by atoms with Crippen molar-refractivity contribution >= 4 is 28.5 Å². The molecule has 2 N–H and O–H groups in total. The fourth-order valence-corrected chi connectivity index (χ4v) is 3.32. The zero-order valence-corrected chi connectivity index (χ0v) is 17.0. The minimum Gasteiger partial charge on any atom is -0.497 e. The van der Waals surface area contributed by atoms with Gasteiger partial charge in [-0.2, -0.15) is 0 Å². The number of ether oxygens (including phenoxy) is 2. The molecule has 0 aliphatic carbocycles. The van der Waals surface area contributed by atoms with Crippen LogP contribution < -0.4 is 15.4 Å². The summed E-state index contributed by atoms with van der Waals surface area (Å²) in [6.45, 7) is 7.61. The van der Waals surface area contributed by atoms with Crippen LogP contribution in [0.4, 0.5) is 9.93 Å². The molecule has 2 aromatic rings. The van der Waals surface area contributed by atoms with Gasteiger partial charge < -0.3 is 20.1 Å². The second-order valence-electron chi connectivity index (χ2n) is 6.23. The van der Waals surface area contributed by atoms with E-state index in [9.17, 15) is 9.59 Å². The Kier molecular flexibility index (Phi) is 7.18. The third-order valence-corrected chi connectivity index (χ3v) is 4.77. The van der Waals surface area contributed by atoms with Crippen LogP contribution in [0.1, 0.15) is 25.6 Å². The highest BCUT2D eigenvalue weighted by Gasteiger charge is 2.26. The highest BCUT2D eigenvalue weighted by atomic mass is 32.1. The Morgan fingerprint density at radius 2 is 1.89 bits per heavy atom. The van der Waals surface area contributed by atoms with E-state index in [4.69, 9.17) is 9.47 Å². The molecule has 0 spiro atoms. The Labute approximate surface area is 163 Å². The number of hydrogen-bond donors (Lipinski definition) is 2. The van der Waals surface area contributed by atoms with Gasteiger partial charge in [0, 0.05) is 10.4 Å². The molecular formula is C19H25N3O4S. The maximum atomic E-state index is 12.6. The normalized spacial score (nSPS) is 11.8. The van der Waals surface area contributed by atoms with Crippen molar-refractivity contribution in [1.29, 1.82) is 0 Å². The molecule has 1 aromatic heterocycles. The van der Waals surface area contributed by atoms with Gasteiger partial charge in [0.15, 0.2) is 5.13 Å². The summed E-state index contributed by atoms with van der Waals surface area (Å²) in [6, 6.07) is 6.87. The zero-order chi connectivity index (χ0) is 20.0. The molecule has 0 aliphatic rings. The second-order valence-corrected chi connectivity index (χ2v) is 7.43. The van der Waals surface area contributed by atoms with Crippen molar-refractivity contribution in [3.05, 3.63) is 29.1 Å². The van der Waals surface area contributed by atoms with Crippen molar-refractivity contribution in [2.24, 2.45) is 5.92 Å². The van der Waals surface area contributed by atoms with Crippen LogP contribution in [0.25, 0.3) is 11.3 Å². The zero-order valence-electron chi connectivity index (χ0n) is 16.2. The first-order valence-electron chi connectivity index (χ1n) is 8.71. The maximum Gasteiger partial charge on any atom is 0.407 e. The highest BCUT2D eigenvalue weighted by Crippen LogP contribution is 2.31. The molecular weight excluding hydrogens is 366 g/mol. The molecule has 0 saturated carbocycles. The predicted molar refractivity (Wildman–Crippen MR) is 106 cm³/mol. The molecule has 1 heterocycles. The van der Waals surface area contributed by atoms with E-state index in [1.165, 1.54) is 11.3 Å². The van der Waals surface area contributed by atoms with E-state index in [-0.39, 0.29) is 18.4 Å². The van der Waals surface area contributed by atoms with Gasteiger partial charge in [-0.3, -0.25) is 4.79 Å². The topological polar surface area (TPSA) is 89.5 Å². The number of nitrogens with zero attached hydrogens (tertiary/aromatic N) is 1. The smallest absolute Gasteiger partial charge is 0.407 e. The van der Waals surface area contributed by atoms with Gasteiger partial charge in [0.25, 0.3) is 0 Å². The Morgan fingerprint density at radius 3 is 2.44 bits per heavy atom. The number of amides is 2. The molecule has 0 aliphatic heterocycles. The number of carbonyl (C=O) groups is 2. The molecule has 8 heteroatoms. The Hall–Kier alpha value is -2.61. The quantitative estimate of drug-likeness (QED) is 0.749. The van der Waals surface area contributed by atoms with Crippen molar-refractivity contribution < 1.29 is 19.1 Å². The van der Waals surface area contributed by atoms with Gasteiger partial charge in [-0.1, -0.05) is 13.8 Å².